The molecule has 0 N–H and O–H groups in total. The number of halogens is 2. The first-order valence-electron chi connectivity index (χ1n) is 4.82. The summed E-state index contributed by atoms with van der Waals surface area (Å²) < 4.78 is 7.92. The minimum Gasteiger partial charge on any atom is -0.492 e. The minimum atomic E-state index is 0.820. The molecule has 0 spiro atoms. The van der Waals surface area contributed by atoms with Crippen molar-refractivity contribution in [2.75, 3.05) is 6.61 Å². The van der Waals surface area contributed by atoms with Crippen molar-refractivity contribution in [2.24, 2.45) is 0 Å². The summed E-state index contributed by atoms with van der Waals surface area (Å²) in [7, 11) is 0. The van der Waals surface area contributed by atoms with Gasteiger partial charge in [-0.1, -0.05) is 35.7 Å². The van der Waals surface area contributed by atoms with Crippen molar-refractivity contribution in [3.05, 3.63) is 26.2 Å². The van der Waals surface area contributed by atoms with Crippen LogP contribution in [-0.2, 0) is 0 Å². The van der Waals surface area contributed by atoms with Gasteiger partial charge in [-0.15, -0.1) is 0 Å². The van der Waals surface area contributed by atoms with Crippen LogP contribution in [0.15, 0.2) is 22.7 Å². The molecule has 0 aliphatic carbocycles. The summed E-state index contributed by atoms with van der Waals surface area (Å²) in [6.07, 6.45) is 3.61. The molecule has 14 heavy (non-hydrogen) atoms. The number of ether oxygens (including phenoxy) is 1. The highest BCUT2D eigenvalue weighted by atomic mass is 127. The molecule has 3 heteroatoms. The van der Waals surface area contributed by atoms with Gasteiger partial charge in [-0.2, -0.15) is 0 Å². The predicted molar refractivity (Wildman–Crippen MR) is 71.9 cm³/mol. The number of rotatable bonds is 5. The Hall–Kier alpha value is 0.230. The zero-order valence-electron chi connectivity index (χ0n) is 8.22. The van der Waals surface area contributed by atoms with Gasteiger partial charge in [0.2, 0.25) is 0 Å². The summed E-state index contributed by atoms with van der Waals surface area (Å²) in [5, 5.41) is 0. The highest BCUT2D eigenvalue weighted by molar-refractivity contribution is 14.1. The molecule has 1 aromatic rings. The molecule has 0 aliphatic heterocycles. The van der Waals surface area contributed by atoms with Crippen molar-refractivity contribution in [1.29, 1.82) is 0 Å². The fourth-order valence-electron chi connectivity index (χ4n) is 1.12. The summed E-state index contributed by atoms with van der Waals surface area (Å²) in [5.41, 5.74) is 0. The van der Waals surface area contributed by atoms with Crippen LogP contribution in [0, 0.1) is 3.57 Å². The lowest BCUT2D eigenvalue weighted by Crippen LogP contribution is -1.98. The molecule has 78 valence electrons. The molecular formula is C11H14BrIO. The van der Waals surface area contributed by atoms with Gasteiger partial charge in [-0.3, -0.25) is 0 Å². The average Bonchev–Trinajstić information content (AvgIpc) is 2.18. The minimum absolute atomic E-state index is 0.820. The molecule has 0 aromatic heterocycles. The van der Waals surface area contributed by atoms with E-state index < -0.39 is 0 Å². The Kier molecular flexibility index (Phi) is 5.86. The van der Waals surface area contributed by atoms with Crippen molar-refractivity contribution >= 4 is 38.5 Å². The van der Waals surface area contributed by atoms with Crippen molar-refractivity contribution in [3.8, 4) is 5.75 Å². The maximum absolute atomic E-state index is 5.68. The van der Waals surface area contributed by atoms with E-state index in [1.54, 1.807) is 0 Å². The van der Waals surface area contributed by atoms with E-state index in [9.17, 15) is 0 Å². The van der Waals surface area contributed by atoms with Gasteiger partial charge in [0.1, 0.15) is 5.75 Å². The first-order valence-corrected chi connectivity index (χ1v) is 6.69. The molecule has 1 nitrogen and oxygen atoms in total. The van der Waals surface area contributed by atoms with Crippen LogP contribution in [0.5, 0.6) is 5.75 Å². The number of hydrogen-bond acceptors (Lipinski definition) is 1. The normalized spacial score (nSPS) is 10.2. The van der Waals surface area contributed by atoms with Crippen LogP contribution in [-0.4, -0.2) is 6.61 Å². The lowest BCUT2D eigenvalue weighted by Gasteiger charge is -2.07. The highest BCUT2D eigenvalue weighted by Gasteiger charge is 2.00. The predicted octanol–water partition coefficient (Wildman–Crippen LogP) is 4.62. The SMILES string of the molecule is CCCCCOc1cc(Br)ccc1I. The van der Waals surface area contributed by atoms with Crippen LogP contribution in [0.4, 0.5) is 0 Å². The second-order valence-electron chi connectivity index (χ2n) is 3.13. The van der Waals surface area contributed by atoms with Gasteiger partial charge in [-0.25, -0.2) is 0 Å². The summed E-state index contributed by atoms with van der Waals surface area (Å²) in [4.78, 5) is 0. The van der Waals surface area contributed by atoms with E-state index in [4.69, 9.17) is 4.74 Å². The van der Waals surface area contributed by atoms with E-state index in [0.29, 0.717) is 0 Å². The lowest BCUT2D eigenvalue weighted by atomic mass is 10.3. The maximum atomic E-state index is 5.68. The van der Waals surface area contributed by atoms with Gasteiger partial charge < -0.3 is 4.74 Å². The first kappa shape index (κ1) is 12.3. The van der Waals surface area contributed by atoms with Crippen LogP contribution >= 0.6 is 38.5 Å². The molecule has 0 saturated carbocycles. The molecule has 1 aromatic carbocycles. The van der Waals surface area contributed by atoms with Crippen molar-refractivity contribution in [1.82, 2.24) is 0 Å². The van der Waals surface area contributed by atoms with Crippen LogP contribution in [0.25, 0.3) is 0 Å². The maximum Gasteiger partial charge on any atom is 0.133 e. The van der Waals surface area contributed by atoms with Crippen LogP contribution < -0.4 is 4.74 Å². The van der Waals surface area contributed by atoms with Gasteiger partial charge in [-0.05, 0) is 47.2 Å². The molecule has 1 rings (SSSR count). The summed E-state index contributed by atoms with van der Waals surface area (Å²) in [5.74, 6) is 0.982. The molecular weight excluding hydrogens is 355 g/mol. The summed E-state index contributed by atoms with van der Waals surface area (Å²) in [6.45, 7) is 3.02. The van der Waals surface area contributed by atoms with Crippen LogP contribution in [0.2, 0.25) is 0 Å². The number of hydrogen-bond donors (Lipinski definition) is 0. The van der Waals surface area contributed by atoms with E-state index in [0.717, 1.165) is 23.2 Å². The van der Waals surface area contributed by atoms with Gasteiger partial charge in [0.05, 0.1) is 10.2 Å². The van der Waals surface area contributed by atoms with Crippen LogP contribution in [0.3, 0.4) is 0 Å². The second-order valence-corrected chi connectivity index (χ2v) is 5.21. The smallest absolute Gasteiger partial charge is 0.133 e. The van der Waals surface area contributed by atoms with Crippen molar-refractivity contribution in [3.63, 3.8) is 0 Å². The Balaban J connectivity index is 2.45. The van der Waals surface area contributed by atoms with Gasteiger partial charge in [0, 0.05) is 4.47 Å². The van der Waals surface area contributed by atoms with E-state index in [2.05, 4.69) is 51.5 Å². The third kappa shape index (κ3) is 4.17. The fourth-order valence-corrected chi connectivity index (χ4v) is 1.95. The number of unbranched alkanes of at least 4 members (excludes halogenated alkanes) is 2. The van der Waals surface area contributed by atoms with Crippen molar-refractivity contribution < 1.29 is 4.74 Å². The van der Waals surface area contributed by atoms with E-state index in [1.165, 1.54) is 16.4 Å². The van der Waals surface area contributed by atoms with Gasteiger partial charge in [0.25, 0.3) is 0 Å². The third-order valence-electron chi connectivity index (χ3n) is 1.90. The zero-order valence-corrected chi connectivity index (χ0v) is 12.0. The van der Waals surface area contributed by atoms with Crippen molar-refractivity contribution in [2.45, 2.75) is 26.2 Å². The summed E-state index contributed by atoms with van der Waals surface area (Å²) >= 11 is 5.73. The number of benzene rings is 1. The summed E-state index contributed by atoms with van der Waals surface area (Å²) in [6, 6.07) is 6.11. The molecule has 0 unspecified atom stereocenters. The van der Waals surface area contributed by atoms with Gasteiger partial charge in [0.15, 0.2) is 0 Å². The quantitative estimate of drug-likeness (QED) is 0.544. The van der Waals surface area contributed by atoms with E-state index in [1.807, 2.05) is 12.1 Å². The zero-order chi connectivity index (χ0) is 10.4. The second kappa shape index (κ2) is 6.67. The molecule has 0 radical (unpaired) electrons. The molecule has 0 aliphatic rings. The first-order chi connectivity index (χ1) is 6.74. The molecule has 0 heterocycles. The largest absolute Gasteiger partial charge is 0.492 e. The Morgan fingerprint density at radius 1 is 1.36 bits per heavy atom. The van der Waals surface area contributed by atoms with Gasteiger partial charge >= 0.3 is 0 Å². The molecule has 0 saturated heterocycles. The fraction of sp³-hybridized carbons (Fsp3) is 0.455. The van der Waals surface area contributed by atoms with E-state index >= 15 is 0 Å². The Morgan fingerprint density at radius 2 is 2.14 bits per heavy atom. The topological polar surface area (TPSA) is 9.23 Å². The molecule has 0 fully saturated rings. The molecule has 0 amide bonds. The standard InChI is InChI=1S/C11H14BrIO/c1-2-3-4-7-14-11-8-9(12)5-6-10(11)13/h5-6,8H,2-4,7H2,1H3. The average molecular weight is 369 g/mol. The third-order valence-corrected chi connectivity index (χ3v) is 3.28. The van der Waals surface area contributed by atoms with E-state index in [-0.39, 0.29) is 0 Å². The Labute approximate surface area is 107 Å². The van der Waals surface area contributed by atoms with Crippen LogP contribution in [0.1, 0.15) is 26.2 Å². The Bertz CT molecular complexity index is 289. The molecule has 0 bridgehead atoms. The lowest BCUT2D eigenvalue weighted by molar-refractivity contribution is 0.304. The highest BCUT2D eigenvalue weighted by Crippen LogP contribution is 2.25. The Morgan fingerprint density at radius 3 is 2.86 bits per heavy atom. The monoisotopic (exact) mass is 368 g/mol. The molecule has 0 atom stereocenters.